The van der Waals surface area contributed by atoms with Gasteiger partial charge in [0.05, 0.1) is 6.54 Å². The lowest BCUT2D eigenvalue weighted by atomic mass is 9.84. The van der Waals surface area contributed by atoms with Crippen molar-refractivity contribution in [3.63, 3.8) is 0 Å². The molecule has 21 heavy (non-hydrogen) atoms. The fourth-order valence-corrected chi connectivity index (χ4v) is 2.69. The molecule has 1 aromatic carbocycles. The minimum Gasteiger partial charge on any atom is -0.464 e. The van der Waals surface area contributed by atoms with Crippen molar-refractivity contribution < 1.29 is 9.21 Å². The summed E-state index contributed by atoms with van der Waals surface area (Å²) in [5, 5.41) is 0. The van der Waals surface area contributed by atoms with E-state index in [1.54, 1.807) is 0 Å². The molecule has 1 fully saturated rings. The molecule has 3 heteroatoms. The van der Waals surface area contributed by atoms with Crippen LogP contribution in [0.3, 0.4) is 0 Å². The highest BCUT2D eigenvalue weighted by Crippen LogP contribution is 2.29. The SMILES string of the molecule is Cc1ccc(CN(Cc2ccccc2)C(=O)C2CCC2)o1. The predicted molar refractivity (Wildman–Crippen MR) is 81.5 cm³/mol. The fraction of sp³-hybridized carbons (Fsp3) is 0.389. The van der Waals surface area contributed by atoms with Crippen LogP contribution in [0.4, 0.5) is 0 Å². The summed E-state index contributed by atoms with van der Waals surface area (Å²) in [5.41, 5.74) is 1.16. The van der Waals surface area contributed by atoms with Crippen LogP contribution in [0.25, 0.3) is 0 Å². The van der Waals surface area contributed by atoms with Crippen molar-refractivity contribution in [3.05, 3.63) is 59.5 Å². The highest BCUT2D eigenvalue weighted by atomic mass is 16.3. The van der Waals surface area contributed by atoms with Crippen LogP contribution in [-0.4, -0.2) is 10.8 Å². The van der Waals surface area contributed by atoms with Gasteiger partial charge in [0, 0.05) is 12.5 Å². The Morgan fingerprint density at radius 3 is 2.48 bits per heavy atom. The van der Waals surface area contributed by atoms with Crippen LogP contribution < -0.4 is 0 Å². The summed E-state index contributed by atoms with van der Waals surface area (Å²) in [7, 11) is 0. The minimum atomic E-state index is 0.213. The molecular weight excluding hydrogens is 262 g/mol. The van der Waals surface area contributed by atoms with Crippen LogP contribution in [0, 0.1) is 12.8 Å². The maximum Gasteiger partial charge on any atom is 0.226 e. The second kappa shape index (κ2) is 6.17. The van der Waals surface area contributed by atoms with E-state index < -0.39 is 0 Å². The number of rotatable bonds is 5. The molecule has 0 bridgehead atoms. The van der Waals surface area contributed by atoms with Crippen LogP contribution in [0.5, 0.6) is 0 Å². The number of hydrogen-bond acceptors (Lipinski definition) is 2. The van der Waals surface area contributed by atoms with Gasteiger partial charge in [0.2, 0.25) is 5.91 Å². The minimum absolute atomic E-state index is 0.213. The van der Waals surface area contributed by atoms with Crippen molar-refractivity contribution in [2.24, 2.45) is 5.92 Å². The van der Waals surface area contributed by atoms with Crippen molar-refractivity contribution in [2.75, 3.05) is 0 Å². The summed E-state index contributed by atoms with van der Waals surface area (Å²) in [6.45, 7) is 3.13. The molecule has 1 amide bonds. The topological polar surface area (TPSA) is 33.5 Å². The molecule has 0 radical (unpaired) electrons. The summed E-state index contributed by atoms with van der Waals surface area (Å²) in [6, 6.07) is 14.1. The van der Waals surface area contributed by atoms with Gasteiger partial charge < -0.3 is 9.32 Å². The van der Waals surface area contributed by atoms with E-state index in [1.165, 1.54) is 6.42 Å². The highest BCUT2D eigenvalue weighted by molar-refractivity contribution is 5.79. The van der Waals surface area contributed by atoms with Crippen LogP contribution in [0.2, 0.25) is 0 Å². The fourth-order valence-electron chi connectivity index (χ4n) is 2.69. The Bertz CT molecular complexity index is 599. The lowest BCUT2D eigenvalue weighted by Crippen LogP contribution is -2.38. The van der Waals surface area contributed by atoms with E-state index in [1.807, 2.05) is 42.2 Å². The van der Waals surface area contributed by atoms with Gasteiger partial charge in [0.25, 0.3) is 0 Å². The second-order valence-corrected chi connectivity index (χ2v) is 5.82. The van der Waals surface area contributed by atoms with Gasteiger partial charge in [-0.2, -0.15) is 0 Å². The zero-order chi connectivity index (χ0) is 14.7. The van der Waals surface area contributed by atoms with Crippen molar-refractivity contribution in [1.29, 1.82) is 0 Å². The monoisotopic (exact) mass is 283 g/mol. The summed E-state index contributed by atoms with van der Waals surface area (Å²) < 4.78 is 5.64. The largest absolute Gasteiger partial charge is 0.464 e. The molecule has 1 saturated carbocycles. The normalized spacial score (nSPS) is 14.7. The molecule has 0 unspecified atom stereocenters. The van der Waals surface area contributed by atoms with E-state index in [4.69, 9.17) is 4.42 Å². The second-order valence-electron chi connectivity index (χ2n) is 5.82. The van der Waals surface area contributed by atoms with E-state index in [-0.39, 0.29) is 11.8 Å². The van der Waals surface area contributed by atoms with E-state index in [9.17, 15) is 4.79 Å². The molecule has 1 aromatic heterocycles. The van der Waals surface area contributed by atoms with Crippen LogP contribution >= 0.6 is 0 Å². The van der Waals surface area contributed by atoms with Gasteiger partial charge in [-0.15, -0.1) is 0 Å². The Balaban J connectivity index is 1.75. The third-order valence-corrected chi connectivity index (χ3v) is 4.13. The molecule has 1 aliphatic carbocycles. The Labute approximate surface area is 125 Å². The average Bonchev–Trinajstić information content (AvgIpc) is 2.83. The molecule has 1 heterocycles. The Morgan fingerprint density at radius 2 is 1.90 bits per heavy atom. The summed E-state index contributed by atoms with van der Waals surface area (Å²) >= 11 is 0. The molecule has 1 aliphatic rings. The van der Waals surface area contributed by atoms with Gasteiger partial charge in [0.15, 0.2) is 0 Å². The molecule has 0 saturated heterocycles. The zero-order valence-corrected chi connectivity index (χ0v) is 12.4. The molecule has 0 aliphatic heterocycles. The maximum absolute atomic E-state index is 12.6. The Morgan fingerprint density at radius 1 is 1.14 bits per heavy atom. The van der Waals surface area contributed by atoms with Gasteiger partial charge >= 0.3 is 0 Å². The van der Waals surface area contributed by atoms with Crippen molar-refractivity contribution in [1.82, 2.24) is 4.90 Å². The Kier molecular flexibility index (Phi) is 4.09. The standard InChI is InChI=1S/C18H21NO2/c1-14-10-11-17(21-14)13-19(18(20)16-8-5-9-16)12-15-6-3-2-4-7-15/h2-4,6-7,10-11,16H,5,8-9,12-13H2,1H3. The molecule has 3 rings (SSSR count). The first-order valence-electron chi connectivity index (χ1n) is 7.60. The zero-order valence-electron chi connectivity index (χ0n) is 12.4. The lowest BCUT2D eigenvalue weighted by molar-refractivity contribution is -0.139. The van der Waals surface area contributed by atoms with Gasteiger partial charge in [-0.25, -0.2) is 0 Å². The van der Waals surface area contributed by atoms with Crippen molar-refractivity contribution in [2.45, 2.75) is 39.3 Å². The first kappa shape index (κ1) is 13.9. The van der Waals surface area contributed by atoms with Crippen LogP contribution in [-0.2, 0) is 17.9 Å². The summed E-state index contributed by atoms with van der Waals surface area (Å²) in [6.07, 6.45) is 3.23. The quantitative estimate of drug-likeness (QED) is 0.833. The lowest BCUT2D eigenvalue weighted by Gasteiger charge is -2.31. The smallest absolute Gasteiger partial charge is 0.226 e. The van der Waals surface area contributed by atoms with E-state index in [0.717, 1.165) is 29.9 Å². The number of aryl methyl sites for hydroxylation is 1. The molecule has 2 aromatic rings. The van der Waals surface area contributed by atoms with Crippen LogP contribution in [0.1, 0.15) is 36.3 Å². The van der Waals surface area contributed by atoms with Gasteiger partial charge in [-0.05, 0) is 37.5 Å². The predicted octanol–water partition coefficient (Wildman–Crippen LogP) is 3.92. The Hall–Kier alpha value is -2.03. The number of nitrogens with zero attached hydrogens (tertiary/aromatic N) is 1. The van der Waals surface area contributed by atoms with Crippen LogP contribution in [0.15, 0.2) is 46.9 Å². The van der Waals surface area contributed by atoms with E-state index >= 15 is 0 Å². The maximum atomic E-state index is 12.6. The van der Waals surface area contributed by atoms with Crippen molar-refractivity contribution in [3.8, 4) is 0 Å². The molecule has 3 nitrogen and oxygen atoms in total. The molecule has 0 spiro atoms. The van der Waals surface area contributed by atoms with E-state index in [2.05, 4.69) is 12.1 Å². The van der Waals surface area contributed by atoms with Gasteiger partial charge in [-0.3, -0.25) is 4.79 Å². The average molecular weight is 283 g/mol. The third-order valence-electron chi connectivity index (χ3n) is 4.13. The number of hydrogen-bond donors (Lipinski definition) is 0. The number of carbonyl (C=O) groups excluding carboxylic acids is 1. The van der Waals surface area contributed by atoms with Crippen molar-refractivity contribution >= 4 is 5.91 Å². The third kappa shape index (κ3) is 3.35. The molecule has 0 N–H and O–H groups in total. The number of amides is 1. The van der Waals surface area contributed by atoms with Gasteiger partial charge in [-0.1, -0.05) is 36.8 Å². The summed E-state index contributed by atoms with van der Waals surface area (Å²) in [4.78, 5) is 14.6. The number of furan rings is 1. The number of carbonyl (C=O) groups is 1. The summed E-state index contributed by atoms with van der Waals surface area (Å²) in [5.74, 6) is 2.22. The van der Waals surface area contributed by atoms with E-state index in [0.29, 0.717) is 13.1 Å². The molecule has 0 atom stereocenters. The molecule has 110 valence electrons. The first-order chi connectivity index (χ1) is 10.2. The molecular formula is C18H21NO2. The number of benzene rings is 1. The van der Waals surface area contributed by atoms with Gasteiger partial charge in [0.1, 0.15) is 11.5 Å². The first-order valence-corrected chi connectivity index (χ1v) is 7.60. The highest BCUT2D eigenvalue weighted by Gasteiger charge is 2.29.